The molecule has 1 aromatic rings. The second-order valence-corrected chi connectivity index (χ2v) is 10.1. The van der Waals surface area contributed by atoms with Crippen LogP contribution in [-0.4, -0.2) is 12.5 Å². The van der Waals surface area contributed by atoms with Crippen molar-refractivity contribution in [1.29, 1.82) is 0 Å². The minimum atomic E-state index is -2.53. The Morgan fingerprint density at radius 3 is 1.97 bits per heavy atom. The van der Waals surface area contributed by atoms with Crippen molar-refractivity contribution in [2.24, 2.45) is 29.6 Å². The summed E-state index contributed by atoms with van der Waals surface area (Å²) < 4.78 is 32.3. The molecule has 0 heterocycles. The average molecular weight is 405 g/mol. The Balaban J connectivity index is 1.21. The fourth-order valence-corrected chi connectivity index (χ4v) is 6.12. The number of hydrogen-bond acceptors (Lipinski definition) is 1. The van der Waals surface area contributed by atoms with Gasteiger partial charge in [0.2, 0.25) is 0 Å². The first kappa shape index (κ1) is 21.1. The molecule has 4 rings (SSSR count). The maximum absolute atomic E-state index is 13.3. The average Bonchev–Trinajstić information content (AvgIpc) is 3.23. The van der Waals surface area contributed by atoms with Crippen LogP contribution in [0.15, 0.2) is 24.3 Å². The van der Waals surface area contributed by atoms with Gasteiger partial charge in [-0.05, 0) is 79.9 Å². The van der Waals surface area contributed by atoms with Gasteiger partial charge in [0.15, 0.2) is 0 Å². The maximum atomic E-state index is 13.3. The lowest BCUT2D eigenvalue weighted by atomic mass is 9.68. The van der Waals surface area contributed by atoms with Crippen LogP contribution in [0.1, 0.15) is 89.5 Å². The van der Waals surface area contributed by atoms with Crippen LogP contribution in [-0.2, 0) is 0 Å². The molecule has 1 aromatic carbocycles. The summed E-state index contributed by atoms with van der Waals surface area (Å²) in [6.07, 6.45) is 14.0. The first-order valence-electron chi connectivity index (χ1n) is 12.1. The largest absolute Gasteiger partial charge is 0.493 e. The lowest BCUT2D eigenvalue weighted by Crippen LogP contribution is -2.25. The van der Waals surface area contributed by atoms with Crippen LogP contribution in [0.25, 0.3) is 0 Å². The zero-order chi connectivity index (χ0) is 20.4. The molecule has 0 spiro atoms. The molecule has 0 aliphatic heterocycles. The van der Waals surface area contributed by atoms with Crippen molar-refractivity contribution in [3.63, 3.8) is 0 Å². The van der Waals surface area contributed by atoms with Gasteiger partial charge in [-0.15, -0.1) is 0 Å². The number of rotatable bonds is 7. The van der Waals surface area contributed by atoms with Gasteiger partial charge in [-0.3, -0.25) is 0 Å². The first-order valence-corrected chi connectivity index (χ1v) is 12.1. The van der Waals surface area contributed by atoms with Crippen LogP contribution in [0.4, 0.5) is 8.78 Å². The SMILES string of the molecule is CCCC1CCC(C2CCC(c3ccc(OC[C@H]4[C@H](C)C4(F)F)cc3)CC2)CC1. The molecule has 2 atom stereocenters. The third-order valence-electron chi connectivity index (χ3n) is 8.40. The molecule has 0 bridgehead atoms. The Bertz CT molecular complexity index is 639. The molecule has 29 heavy (non-hydrogen) atoms. The molecular formula is C26H38F2O. The molecule has 0 unspecified atom stereocenters. The fraction of sp³-hybridized carbons (Fsp3) is 0.769. The molecule has 3 aliphatic carbocycles. The highest BCUT2D eigenvalue weighted by Gasteiger charge is 2.65. The van der Waals surface area contributed by atoms with E-state index in [0.717, 1.165) is 23.5 Å². The summed E-state index contributed by atoms with van der Waals surface area (Å²) in [7, 11) is 0. The monoisotopic (exact) mass is 404 g/mol. The van der Waals surface area contributed by atoms with Gasteiger partial charge >= 0.3 is 0 Å². The predicted molar refractivity (Wildman–Crippen MR) is 115 cm³/mol. The number of halogens is 2. The molecule has 1 nitrogen and oxygen atoms in total. The third-order valence-corrected chi connectivity index (χ3v) is 8.40. The number of benzene rings is 1. The van der Waals surface area contributed by atoms with Crippen LogP contribution >= 0.6 is 0 Å². The van der Waals surface area contributed by atoms with E-state index in [1.807, 2.05) is 12.1 Å². The van der Waals surface area contributed by atoms with Crippen LogP contribution in [0.3, 0.4) is 0 Å². The molecule has 3 aliphatic rings. The highest BCUT2D eigenvalue weighted by molar-refractivity contribution is 5.30. The van der Waals surface area contributed by atoms with Crippen LogP contribution < -0.4 is 4.74 Å². The van der Waals surface area contributed by atoms with Crippen LogP contribution in [0, 0.1) is 29.6 Å². The van der Waals surface area contributed by atoms with Gasteiger partial charge in [-0.1, -0.05) is 51.7 Å². The zero-order valence-electron chi connectivity index (χ0n) is 18.2. The van der Waals surface area contributed by atoms with Crippen molar-refractivity contribution < 1.29 is 13.5 Å². The fourth-order valence-electron chi connectivity index (χ4n) is 6.12. The van der Waals surface area contributed by atoms with E-state index in [-0.39, 0.29) is 6.61 Å². The Hall–Kier alpha value is -1.12. The molecule has 162 valence electrons. The summed E-state index contributed by atoms with van der Waals surface area (Å²) >= 11 is 0. The standard InChI is InChI=1S/C26H38F2O/c1-3-4-19-5-7-20(8-6-19)21-9-11-22(12-10-21)23-13-15-24(16-14-23)29-17-25-18(2)26(25,27)28/h13-16,18-22,25H,3-12,17H2,1-2H3/t18-,19?,20?,21?,22?,25-/m0/s1. The molecule has 0 N–H and O–H groups in total. The van der Waals surface area contributed by atoms with Crippen LogP contribution in [0.2, 0.25) is 0 Å². The lowest BCUT2D eigenvalue weighted by molar-refractivity contribution is 0.0765. The van der Waals surface area contributed by atoms with E-state index >= 15 is 0 Å². The van der Waals surface area contributed by atoms with Crippen molar-refractivity contribution in [3.05, 3.63) is 29.8 Å². The van der Waals surface area contributed by atoms with Gasteiger partial charge in [0.05, 0.1) is 12.5 Å². The quantitative estimate of drug-likeness (QED) is 0.449. The predicted octanol–water partition coefficient (Wildman–Crippen LogP) is 7.85. The van der Waals surface area contributed by atoms with Crippen molar-refractivity contribution in [2.75, 3.05) is 6.61 Å². The molecule has 0 aromatic heterocycles. The Kier molecular flexibility index (Phi) is 6.51. The van der Waals surface area contributed by atoms with Gasteiger partial charge in [-0.25, -0.2) is 8.78 Å². The molecule has 0 amide bonds. The van der Waals surface area contributed by atoms with Crippen molar-refractivity contribution in [1.82, 2.24) is 0 Å². The van der Waals surface area contributed by atoms with E-state index in [9.17, 15) is 8.78 Å². The van der Waals surface area contributed by atoms with Gasteiger partial charge in [0.25, 0.3) is 5.92 Å². The number of hydrogen-bond donors (Lipinski definition) is 0. The summed E-state index contributed by atoms with van der Waals surface area (Å²) in [5, 5.41) is 0. The molecule has 3 saturated carbocycles. The highest BCUT2D eigenvalue weighted by atomic mass is 19.3. The maximum Gasteiger partial charge on any atom is 0.257 e. The summed E-state index contributed by atoms with van der Waals surface area (Å²) in [4.78, 5) is 0. The Morgan fingerprint density at radius 2 is 1.45 bits per heavy atom. The number of ether oxygens (including phenoxy) is 1. The normalized spacial score (nSPS) is 36.6. The second-order valence-electron chi connectivity index (χ2n) is 10.1. The minimum Gasteiger partial charge on any atom is -0.493 e. The third kappa shape index (κ3) is 4.80. The second kappa shape index (κ2) is 8.94. The van der Waals surface area contributed by atoms with Gasteiger partial charge in [0.1, 0.15) is 5.75 Å². The van der Waals surface area contributed by atoms with E-state index < -0.39 is 17.8 Å². The van der Waals surface area contributed by atoms with Gasteiger partial charge in [-0.2, -0.15) is 0 Å². The summed E-state index contributed by atoms with van der Waals surface area (Å²) in [6, 6.07) is 8.26. The van der Waals surface area contributed by atoms with E-state index in [2.05, 4.69) is 19.1 Å². The summed E-state index contributed by atoms with van der Waals surface area (Å²) in [6.45, 7) is 4.04. The van der Waals surface area contributed by atoms with E-state index in [4.69, 9.17) is 4.74 Å². The molecule has 0 radical (unpaired) electrons. The molecular weight excluding hydrogens is 366 g/mol. The van der Waals surface area contributed by atoms with E-state index in [1.165, 1.54) is 69.8 Å². The van der Waals surface area contributed by atoms with Crippen molar-refractivity contribution in [3.8, 4) is 5.75 Å². The summed E-state index contributed by atoms with van der Waals surface area (Å²) in [5.74, 6) is 0.608. The molecule has 3 fully saturated rings. The number of alkyl halides is 2. The van der Waals surface area contributed by atoms with Gasteiger partial charge in [0, 0.05) is 5.92 Å². The van der Waals surface area contributed by atoms with E-state index in [1.54, 1.807) is 6.92 Å². The Labute approximate surface area is 175 Å². The lowest BCUT2D eigenvalue weighted by Gasteiger charge is -2.38. The van der Waals surface area contributed by atoms with Crippen molar-refractivity contribution in [2.45, 2.75) is 89.9 Å². The van der Waals surface area contributed by atoms with E-state index in [0.29, 0.717) is 5.92 Å². The van der Waals surface area contributed by atoms with Gasteiger partial charge < -0.3 is 4.74 Å². The highest BCUT2D eigenvalue weighted by Crippen LogP contribution is 2.54. The van der Waals surface area contributed by atoms with Crippen molar-refractivity contribution >= 4 is 0 Å². The smallest absolute Gasteiger partial charge is 0.257 e. The Morgan fingerprint density at radius 1 is 0.897 bits per heavy atom. The first-order chi connectivity index (χ1) is 14.0. The zero-order valence-corrected chi connectivity index (χ0v) is 18.2. The molecule has 3 heteroatoms. The van der Waals surface area contributed by atoms with Crippen LogP contribution in [0.5, 0.6) is 5.75 Å². The topological polar surface area (TPSA) is 9.23 Å². The summed E-state index contributed by atoms with van der Waals surface area (Å²) in [5.41, 5.74) is 1.40. The minimum absolute atomic E-state index is 0.124. The molecule has 0 saturated heterocycles.